The second-order valence-corrected chi connectivity index (χ2v) is 4.09. The van der Waals surface area contributed by atoms with Crippen molar-refractivity contribution in [1.82, 2.24) is 5.32 Å². The first-order valence-electron chi connectivity index (χ1n) is 4.44. The van der Waals surface area contributed by atoms with Crippen LogP contribution in [0.2, 0.25) is 0 Å². The van der Waals surface area contributed by atoms with Crippen molar-refractivity contribution >= 4 is 23.2 Å². The third-order valence-electron chi connectivity index (χ3n) is 1.84. The molecule has 2 amide bonds. The van der Waals surface area contributed by atoms with Gasteiger partial charge in [0.2, 0.25) is 5.91 Å². The summed E-state index contributed by atoms with van der Waals surface area (Å²) in [6.45, 7) is 2.18. The van der Waals surface area contributed by atoms with Gasteiger partial charge in [0.15, 0.2) is 0 Å². The number of nitrogens with two attached hydrogens (primary N) is 2. The van der Waals surface area contributed by atoms with Crippen molar-refractivity contribution in [3.05, 3.63) is 21.9 Å². The molecule has 0 aromatic carbocycles. The zero-order valence-corrected chi connectivity index (χ0v) is 9.14. The zero-order chi connectivity index (χ0) is 11.4. The van der Waals surface area contributed by atoms with Crippen molar-refractivity contribution < 1.29 is 9.59 Å². The first-order valence-corrected chi connectivity index (χ1v) is 5.31. The van der Waals surface area contributed by atoms with E-state index < -0.39 is 5.91 Å². The lowest BCUT2D eigenvalue weighted by Gasteiger charge is -2.09. The van der Waals surface area contributed by atoms with Crippen LogP contribution < -0.4 is 16.8 Å². The second kappa shape index (κ2) is 4.90. The molecule has 82 valence electrons. The summed E-state index contributed by atoms with van der Waals surface area (Å²) >= 11 is 1.18. The number of carbonyl (C=O) groups is 2. The number of rotatable bonds is 4. The van der Waals surface area contributed by atoms with Gasteiger partial charge in [-0.25, -0.2) is 0 Å². The third-order valence-corrected chi connectivity index (χ3v) is 2.77. The minimum absolute atomic E-state index is 0.0865. The Morgan fingerprint density at radius 2 is 2.27 bits per heavy atom. The zero-order valence-electron chi connectivity index (χ0n) is 8.32. The predicted octanol–water partition coefficient (Wildman–Crippen LogP) is -0.0760. The van der Waals surface area contributed by atoms with Crippen LogP contribution in [0.15, 0.2) is 11.4 Å². The molecule has 5 N–H and O–H groups in total. The number of amides is 2. The van der Waals surface area contributed by atoms with Crippen molar-refractivity contribution in [1.29, 1.82) is 0 Å². The van der Waals surface area contributed by atoms with Gasteiger partial charge in [-0.15, -0.1) is 11.3 Å². The molecule has 0 spiro atoms. The predicted molar refractivity (Wildman–Crippen MR) is 58.8 cm³/mol. The number of hydrogen-bond donors (Lipinski definition) is 3. The largest absolute Gasteiger partial charge is 0.366 e. The molecule has 15 heavy (non-hydrogen) atoms. The Labute approximate surface area is 91.4 Å². The molecule has 1 heterocycles. The van der Waals surface area contributed by atoms with Gasteiger partial charge in [-0.3, -0.25) is 9.59 Å². The Hall–Kier alpha value is -1.40. The molecule has 6 heteroatoms. The lowest BCUT2D eigenvalue weighted by molar-refractivity contribution is 0.0945. The third kappa shape index (κ3) is 3.03. The Bertz CT molecular complexity index is 375. The van der Waals surface area contributed by atoms with Crippen LogP contribution in [-0.4, -0.2) is 24.4 Å². The van der Waals surface area contributed by atoms with Crippen LogP contribution in [0.1, 0.15) is 27.0 Å². The van der Waals surface area contributed by atoms with Gasteiger partial charge in [0.05, 0.1) is 10.4 Å². The summed E-state index contributed by atoms with van der Waals surface area (Å²) < 4.78 is 0. The Morgan fingerprint density at radius 3 is 2.73 bits per heavy atom. The highest BCUT2D eigenvalue weighted by atomic mass is 32.1. The molecule has 0 saturated carbocycles. The summed E-state index contributed by atoms with van der Waals surface area (Å²) in [6, 6.07) is 1.39. The molecule has 0 aliphatic rings. The van der Waals surface area contributed by atoms with Crippen molar-refractivity contribution in [3.8, 4) is 0 Å². The number of thiophene rings is 1. The average Bonchev–Trinajstić information content (AvgIpc) is 2.66. The molecule has 1 aromatic heterocycles. The van der Waals surface area contributed by atoms with Gasteiger partial charge in [0.1, 0.15) is 0 Å². The van der Waals surface area contributed by atoms with Crippen molar-refractivity contribution in [2.24, 2.45) is 11.5 Å². The van der Waals surface area contributed by atoms with Crippen LogP contribution in [0.3, 0.4) is 0 Å². The summed E-state index contributed by atoms with van der Waals surface area (Å²) in [5, 5.41) is 4.25. The van der Waals surface area contributed by atoms with E-state index in [1.54, 1.807) is 12.3 Å². The highest BCUT2D eigenvalue weighted by molar-refractivity contribution is 7.12. The lowest BCUT2D eigenvalue weighted by Crippen LogP contribution is -2.37. The summed E-state index contributed by atoms with van der Waals surface area (Å²) in [4.78, 5) is 22.8. The molecule has 0 aliphatic heterocycles. The first kappa shape index (κ1) is 11.7. The lowest BCUT2D eigenvalue weighted by atomic mass is 10.3. The number of nitrogens with one attached hydrogen (secondary N) is 1. The fourth-order valence-electron chi connectivity index (χ4n) is 0.938. The maximum absolute atomic E-state index is 11.5. The topological polar surface area (TPSA) is 98.2 Å². The molecule has 5 nitrogen and oxygen atoms in total. The normalized spacial score (nSPS) is 12.1. The highest BCUT2D eigenvalue weighted by Gasteiger charge is 2.12. The van der Waals surface area contributed by atoms with E-state index >= 15 is 0 Å². The van der Waals surface area contributed by atoms with Crippen LogP contribution in [0.4, 0.5) is 0 Å². The molecule has 0 unspecified atom stereocenters. The summed E-state index contributed by atoms with van der Waals surface area (Å²) in [6.07, 6.45) is 0. The molecular formula is C9H13N3O2S. The van der Waals surface area contributed by atoms with E-state index in [-0.39, 0.29) is 11.9 Å². The van der Waals surface area contributed by atoms with Gasteiger partial charge in [0, 0.05) is 18.0 Å². The fraction of sp³-hybridized carbons (Fsp3) is 0.333. The van der Waals surface area contributed by atoms with Gasteiger partial charge >= 0.3 is 0 Å². The summed E-state index contributed by atoms with van der Waals surface area (Å²) in [7, 11) is 0. The van der Waals surface area contributed by atoms with E-state index in [4.69, 9.17) is 11.5 Å². The van der Waals surface area contributed by atoms with Gasteiger partial charge < -0.3 is 16.8 Å². The molecule has 0 radical (unpaired) electrons. The minimum atomic E-state index is -0.530. The van der Waals surface area contributed by atoms with Gasteiger partial charge in [-0.1, -0.05) is 0 Å². The highest BCUT2D eigenvalue weighted by Crippen LogP contribution is 2.14. The van der Waals surface area contributed by atoms with Crippen LogP contribution in [0, 0.1) is 0 Å². The first-order chi connectivity index (χ1) is 7.04. The second-order valence-electron chi connectivity index (χ2n) is 3.17. The van der Waals surface area contributed by atoms with Crippen LogP contribution in [0.25, 0.3) is 0 Å². The van der Waals surface area contributed by atoms with E-state index in [1.807, 2.05) is 0 Å². The van der Waals surface area contributed by atoms with E-state index in [0.717, 1.165) is 0 Å². The van der Waals surface area contributed by atoms with Crippen LogP contribution >= 0.6 is 11.3 Å². The van der Waals surface area contributed by atoms with E-state index in [9.17, 15) is 9.59 Å². The Balaban J connectivity index is 2.70. The molecule has 0 aliphatic carbocycles. The SMILES string of the molecule is C[C@H](CN)NC(=O)c1cc(C(N)=O)cs1. The van der Waals surface area contributed by atoms with Crippen LogP contribution in [-0.2, 0) is 0 Å². The molecule has 0 bridgehead atoms. The Kier molecular flexibility index (Phi) is 3.81. The van der Waals surface area contributed by atoms with Gasteiger partial charge in [-0.2, -0.15) is 0 Å². The molecule has 0 saturated heterocycles. The minimum Gasteiger partial charge on any atom is -0.366 e. The van der Waals surface area contributed by atoms with Gasteiger partial charge in [0.25, 0.3) is 5.91 Å². The van der Waals surface area contributed by atoms with Gasteiger partial charge in [-0.05, 0) is 13.0 Å². The Morgan fingerprint density at radius 1 is 1.60 bits per heavy atom. The summed E-state index contributed by atoms with van der Waals surface area (Å²) in [5.74, 6) is -0.761. The molecule has 0 fully saturated rings. The van der Waals surface area contributed by atoms with E-state index in [2.05, 4.69) is 5.32 Å². The maximum Gasteiger partial charge on any atom is 0.261 e. The molecule has 1 aromatic rings. The van der Waals surface area contributed by atoms with E-state index in [0.29, 0.717) is 17.0 Å². The van der Waals surface area contributed by atoms with E-state index in [1.165, 1.54) is 17.4 Å². The monoisotopic (exact) mass is 227 g/mol. The molecule has 1 rings (SSSR count). The smallest absolute Gasteiger partial charge is 0.261 e. The number of hydrogen-bond acceptors (Lipinski definition) is 4. The van der Waals surface area contributed by atoms with Crippen molar-refractivity contribution in [2.75, 3.05) is 6.54 Å². The number of primary amides is 1. The maximum atomic E-state index is 11.5. The van der Waals surface area contributed by atoms with Crippen molar-refractivity contribution in [3.63, 3.8) is 0 Å². The quantitative estimate of drug-likeness (QED) is 0.671. The average molecular weight is 227 g/mol. The fourth-order valence-corrected chi connectivity index (χ4v) is 1.74. The molecular weight excluding hydrogens is 214 g/mol. The van der Waals surface area contributed by atoms with Crippen LogP contribution in [0.5, 0.6) is 0 Å². The number of carbonyl (C=O) groups excluding carboxylic acids is 2. The summed E-state index contributed by atoms with van der Waals surface area (Å²) in [5.41, 5.74) is 10.8. The van der Waals surface area contributed by atoms with Crippen molar-refractivity contribution in [2.45, 2.75) is 13.0 Å². The molecule has 1 atom stereocenters. The standard InChI is InChI=1S/C9H13N3O2S/c1-5(3-10)12-9(14)7-2-6(4-15-7)8(11)13/h2,4-5H,3,10H2,1H3,(H2,11,13)(H,12,14)/t5-/m1/s1.